The molecule has 3 nitrogen and oxygen atoms in total. The van der Waals surface area contributed by atoms with Crippen molar-refractivity contribution in [3.8, 4) is 0 Å². The van der Waals surface area contributed by atoms with E-state index in [1.807, 2.05) is 30.3 Å². The molecule has 0 aliphatic heterocycles. The van der Waals surface area contributed by atoms with Crippen molar-refractivity contribution in [1.82, 2.24) is 5.32 Å². The van der Waals surface area contributed by atoms with Crippen LogP contribution in [0.5, 0.6) is 0 Å². The average molecular weight is 193 g/mol. The second-order valence-electron chi connectivity index (χ2n) is 3.54. The maximum atomic E-state index is 11.0. The summed E-state index contributed by atoms with van der Waals surface area (Å²) in [5, 5.41) is 12.0. The minimum Gasteiger partial charge on any atom is -0.394 e. The van der Waals surface area contributed by atoms with Gasteiger partial charge in [-0.05, 0) is 12.5 Å². The number of aliphatic hydroxyl groups excluding tert-OH is 1. The molecule has 3 heteroatoms. The first-order valence-electron chi connectivity index (χ1n) is 4.53. The van der Waals surface area contributed by atoms with E-state index in [-0.39, 0.29) is 12.5 Å². The zero-order chi connectivity index (χ0) is 10.6. The van der Waals surface area contributed by atoms with Gasteiger partial charge in [0.05, 0.1) is 12.1 Å². The van der Waals surface area contributed by atoms with Gasteiger partial charge < -0.3 is 10.4 Å². The zero-order valence-electron chi connectivity index (χ0n) is 8.45. The van der Waals surface area contributed by atoms with Crippen molar-refractivity contribution in [1.29, 1.82) is 0 Å². The number of rotatable bonds is 3. The third-order valence-corrected chi connectivity index (χ3v) is 2.18. The molecule has 1 amide bonds. The Kier molecular flexibility index (Phi) is 3.25. The Morgan fingerprint density at radius 1 is 1.43 bits per heavy atom. The third kappa shape index (κ3) is 2.33. The van der Waals surface area contributed by atoms with Crippen molar-refractivity contribution >= 4 is 5.91 Å². The van der Waals surface area contributed by atoms with E-state index >= 15 is 0 Å². The fourth-order valence-corrected chi connectivity index (χ4v) is 1.40. The number of aliphatic hydroxyl groups is 1. The lowest BCUT2D eigenvalue weighted by Gasteiger charge is -2.28. The number of hydrogen-bond acceptors (Lipinski definition) is 2. The molecule has 0 spiro atoms. The van der Waals surface area contributed by atoms with Gasteiger partial charge in [-0.3, -0.25) is 4.79 Å². The van der Waals surface area contributed by atoms with Gasteiger partial charge in [-0.25, -0.2) is 0 Å². The molecule has 0 saturated carbocycles. The van der Waals surface area contributed by atoms with Gasteiger partial charge in [0.2, 0.25) is 5.91 Å². The SMILES string of the molecule is CC(=O)NC(C)(CO)c1ccccc1. The van der Waals surface area contributed by atoms with Gasteiger partial charge in [0.25, 0.3) is 0 Å². The van der Waals surface area contributed by atoms with Crippen molar-refractivity contribution in [2.24, 2.45) is 0 Å². The molecule has 0 aliphatic rings. The average Bonchev–Trinajstić information content (AvgIpc) is 2.18. The Balaban J connectivity index is 2.95. The van der Waals surface area contributed by atoms with Crippen LogP contribution in [0.2, 0.25) is 0 Å². The van der Waals surface area contributed by atoms with Crippen LogP contribution in [0.25, 0.3) is 0 Å². The molecule has 0 aliphatic carbocycles. The molecule has 0 fully saturated rings. The highest BCUT2D eigenvalue weighted by Crippen LogP contribution is 2.19. The predicted octanol–water partition coefficient (Wildman–Crippen LogP) is 1.03. The number of amides is 1. The molecular weight excluding hydrogens is 178 g/mol. The summed E-state index contributed by atoms with van der Waals surface area (Å²) in [4.78, 5) is 11.0. The van der Waals surface area contributed by atoms with Crippen LogP contribution in [0.4, 0.5) is 0 Å². The Hall–Kier alpha value is -1.35. The first-order valence-corrected chi connectivity index (χ1v) is 4.53. The van der Waals surface area contributed by atoms with Crippen LogP contribution < -0.4 is 5.32 Å². The molecular formula is C11H15NO2. The first kappa shape index (κ1) is 10.7. The molecule has 0 aromatic heterocycles. The largest absolute Gasteiger partial charge is 0.394 e. The van der Waals surface area contributed by atoms with E-state index in [0.29, 0.717) is 0 Å². The molecule has 1 rings (SSSR count). The summed E-state index contributed by atoms with van der Waals surface area (Å²) < 4.78 is 0. The van der Waals surface area contributed by atoms with Crippen LogP contribution in [0.1, 0.15) is 19.4 Å². The lowest BCUT2D eigenvalue weighted by atomic mass is 9.93. The smallest absolute Gasteiger partial charge is 0.217 e. The molecule has 1 aromatic rings. The van der Waals surface area contributed by atoms with Crippen LogP contribution >= 0.6 is 0 Å². The van der Waals surface area contributed by atoms with Gasteiger partial charge in [0.15, 0.2) is 0 Å². The lowest BCUT2D eigenvalue weighted by molar-refractivity contribution is -0.121. The molecule has 76 valence electrons. The summed E-state index contributed by atoms with van der Waals surface area (Å²) >= 11 is 0. The summed E-state index contributed by atoms with van der Waals surface area (Å²) in [6, 6.07) is 9.42. The first-order chi connectivity index (χ1) is 6.58. The fourth-order valence-electron chi connectivity index (χ4n) is 1.40. The van der Waals surface area contributed by atoms with Crippen molar-refractivity contribution in [3.05, 3.63) is 35.9 Å². The van der Waals surface area contributed by atoms with Crippen molar-refractivity contribution < 1.29 is 9.90 Å². The van der Waals surface area contributed by atoms with Gasteiger partial charge in [-0.15, -0.1) is 0 Å². The third-order valence-electron chi connectivity index (χ3n) is 2.18. The van der Waals surface area contributed by atoms with Gasteiger partial charge in [0, 0.05) is 6.92 Å². The Morgan fingerprint density at radius 2 is 2.00 bits per heavy atom. The topological polar surface area (TPSA) is 49.3 Å². The normalized spacial score (nSPS) is 14.5. The second kappa shape index (κ2) is 4.24. The standard InChI is InChI=1S/C11H15NO2/c1-9(14)12-11(2,8-13)10-6-4-3-5-7-10/h3-7,13H,8H2,1-2H3,(H,12,14). The molecule has 1 atom stereocenters. The van der Waals surface area contributed by atoms with E-state index in [4.69, 9.17) is 0 Å². The predicted molar refractivity (Wildman–Crippen MR) is 54.7 cm³/mol. The lowest BCUT2D eigenvalue weighted by Crippen LogP contribution is -2.45. The molecule has 0 bridgehead atoms. The number of benzene rings is 1. The van der Waals surface area contributed by atoms with Crippen molar-refractivity contribution in [3.63, 3.8) is 0 Å². The highest BCUT2D eigenvalue weighted by molar-refractivity contribution is 5.74. The van der Waals surface area contributed by atoms with Crippen LogP contribution in [-0.4, -0.2) is 17.6 Å². The van der Waals surface area contributed by atoms with E-state index in [9.17, 15) is 9.90 Å². The number of nitrogens with one attached hydrogen (secondary N) is 1. The summed E-state index contributed by atoms with van der Waals surface area (Å²) in [5.74, 6) is -0.148. The van der Waals surface area contributed by atoms with E-state index in [0.717, 1.165) is 5.56 Å². The summed E-state index contributed by atoms with van der Waals surface area (Å²) in [5.41, 5.74) is 0.213. The molecule has 0 saturated heterocycles. The van der Waals surface area contributed by atoms with Crippen LogP contribution in [0.3, 0.4) is 0 Å². The monoisotopic (exact) mass is 193 g/mol. The molecule has 0 heterocycles. The van der Waals surface area contributed by atoms with Gasteiger partial charge >= 0.3 is 0 Å². The van der Waals surface area contributed by atoms with Crippen LogP contribution in [0.15, 0.2) is 30.3 Å². The number of carbonyl (C=O) groups is 1. The van der Waals surface area contributed by atoms with Crippen molar-refractivity contribution in [2.75, 3.05) is 6.61 Å². The van der Waals surface area contributed by atoms with Crippen LogP contribution in [-0.2, 0) is 10.3 Å². The van der Waals surface area contributed by atoms with Gasteiger partial charge in [-0.2, -0.15) is 0 Å². The van der Waals surface area contributed by atoms with E-state index in [2.05, 4.69) is 5.32 Å². The minimum absolute atomic E-state index is 0.114. The number of carbonyl (C=O) groups excluding carboxylic acids is 1. The van der Waals surface area contributed by atoms with Crippen molar-refractivity contribution in [2.45, 2.75) is 19.4 Å². The molecule has 1 unspecified atom stereocenters. The zero-order valence-corrected chi connectivity index (χ0v) is 8.45. The maximum absolute atomic E-state index is 11.0. The summed E-state index contributed by atoms with van der Waals surface area (Å²) in [6.45, 7) is 3.12. The van der Waals surface area contributed by atoms with Gasteiger partial charge in [0.1, 0.15) is 0 Å². The maximum Gasteiger partial charge on any atom is 0.217 e. The molecule has 0 radical (unpaired) electrons. The molecule has 14 heavy (non-hydrogen) atoms. The summed E-state index contributed by atoms with van der Waals surface area (Å²) in [6.07, 6.45) is 0. The Morgan fingerprint density at radius 3 is 2.43 bits per heavy atom. The van der Waals surface area contributed by atoms with Crippen LogP contribution in [0, 0.1) is 0 Å². The summed E-state index contributed by atoms with van der Waals surface area (Å²) in [7, 11) is 0. The Labute approximate surface area is 83.8 Å². The second-order valence-corrected chi connectivity index (χ2v) is 3.54. The van der Waals surface area contributed by atoms with Gasteiger partial charge in [-0.1, -0.05) is 30.3 Å². The Bertz CT molecular complexity index is 310. The van der Waals surface area contributed by atoms with E-state index in [1.54, 1.807) is 6.92 Å². The molecule has 1 aromatic carbocycles. The van der Waals surface area contributed by atoms with E-state index in [1.165, 1.54) is 6.92 Å². The number of hydrogen-bond donors (Lipinski definition) is 2. The fraction of sp³-hybridized carbons (Fsp3) is 0.364. The minimum atomic E-state index is -0.687. The quantitative estimate of drug-likeness (QED) is 0.753. The molecule has 2 N–H and O–H groups in total. The van der Waals surface area contributed by atoms with E-state index < -0.39 is 5.54 Å². The highest BCUT2D eigenvalue weighted by Gasteiger charge is 2.25. The highest BCUT2D eigenvalue weighted by atomic mass is 16.3.